The van der Waals surface area contributed by atoms with Crippen molar-refractivity contribution in [1.29, 1.82) is 0 Å². The summed E-state index contributed by atoms with van der Waals surface area (Å²) in [5.74, 6) is -1.18. The van der Waals surface area contributed by atoms with Crippen LogP contribution in [0.4, 0.5) is 0 Å². The van der Waals surface area contributed by atoms with Gasteiger partial charge in [-0.25, -0.2) is 4.37 Å². The molecule has 0 aromatic carbocycles. The molecule has 0 amide bonds. The largest absolute Gasteiger partial charge is 0.481 e. The molecular formula is C7H8N2O2S. The van der Waals surface area contributed by atoms with E-state index in [9.17, 15) is 4.79 Å². The van der Waals surface area contributed by atoms with Crippen molar-refractivity contribution in [3.05, 3.63) is 16.6 Å². The predicted octanol–water partition coefficient (Wildman–Crippen LogP) is 0.414. The molecule has 0 aliphatic carbocycles. The van der Waals surface area contributed by atoms with Crippen LogP contribution in [0.3, 0.4) is 0 Å². The minimum absolute atomic E-state index is 0.410. The van der Waals surface area contributed by atoms with Crippen molar-refractivity contribution < 1.29 is 9.90 Å². The lowest BCUT2D eigenvalue weighted by Gasteiger charge is -2.18. The van der Waals surface area contributed by atoms with E-state index in [1.807, 2.05) is 0 Å². The Hall–Kier alpha value is -0.940. The van der Waals surface area contributed by atoms with Gasteiger partial charge >= 0.3 is 5.97 Å². The minimum atomic E-state index is -0.774. The zero-order chi connectivity index (χ0) is 8.55. The van der Waals surface area contributed by atoms with Crippen molar-refractivity contribution in [2.24, 2.45) is 0 Å². The first-order valence-electron chi connectivity index (χ1n) is 3.66. The second-order valence-electron chi connectivity index (χ2n) is 2.73. The summed E-state index contributed by atoms with van der Waals surface area (Å²) in [6.07, 6.45) is 1.67. The Kier molecular flexibility index (Phi) is 1.82. The van der Waals surface area contributed by atoms with Gasteiger partial charge in [0.2, 0.25) is 0 Å². The van der Waals surface area contributed by atoms with Crippen molar-refractivity contribution >= 4 is 17.5 Å². The Morgan fingerprint density at radius 2 is 2.67 bits per heavy atom. The van der Waals surface area contributed by atoms with E-state index in [-0.39, 0.29) is 0 Å². The van der Waals surface area contributed by atoms with E-state index in [0.29, 0.717) is 6.54 Å². The maximum atomic E-state index is 10.8. The van der Waals surface area contributed by atoms with Crippen LogP contribution < -0.4 is 5.32 Å². The fraction of sp³-hybridized carbons (Fsp3) is 0.429. The topological polar surface area (TPSA) is 62.2 Å². The summed E-state index contributed by atoms with van der Waals surface area (Å²) in [4.78, 5) is 11.8. The summed E-state index contributed by atoms with van der Waals surface area (Å²) in [5.41, 5.74) is 0.881. The van der Waals surface area contributed by atoms with E-state index >= 15 is 0 Å². The molecule has 1 aromatic rings. The van der Waals surface area contributed by atoms with Gasteiger partial charge in [0, 0.05) is 29.7 Å². The average molecular weight is 184 g/mol. The fourth-order valence-electron chi connectivity index (χ4n) is 1.35. The third-order valence-electron chi connectivity index (χ3n) is 1.98. The van der Waals surface area contributed by atoms with Gasteiger partial charge in [0.25, 0.3) is 0 Å². The first-order chi connectivity index (χ1) is 5.79. The minimum Gasteiger partial charge on any atom is -0.481 e. The van der Waals surface area contributed by atoms with Gasteiger partial charge in [-0.05, 0) is 11.5 Å². The van der Waals surface area contributed by atoms with Gasteiger partial charge in [-0.1, -0.05) is 0 Å². The summed E-state index contributed by atoms with van der Waals surface area (Å²) in [6, 6.07) is 0. The van der Waals surface area contributed by atoms with Crippen LogP contribution in [-0.2, 0) is 11.3 Å². The van der Waals surface area contributed by atoms with Gasteiger partial charge in [0.05, 0.1) is 5.92 Å². The number of nitrogens with zero attached hydrogens (tertiary/aromatic N) is 1. The van der Waals surface area contributed by atoms with Crippen LogP contribution in [-0.4, -0.2) is 22.0 Å². The average Bonchev–Trinajstić information content (AvgIpc) is 2.49. The second kappa shape index (κ2) is 2.84. The standard InChI is InChI=1S/C7H8N2O2S/c10-7(11)5-1-8-3-6-4(5)2-9-12-6/h2,5,8H,1,3H2,(H,10,11). The van der Waals surface area contributed by atoms with E-state index in [1.165, 1.54) is 11.5 Å². The second-order valence-corrected chi connectivity index (χ2v) is 3.61. The van der Waals surface area contributed by atoms with Crippen molar-refractivity contribution in [3.8, 4) is 0 Å². The van der Waals surface area contributed by atoms with Gasteiger partial charge in [-0.3, -0.25) is 4.79 Å². The Balaban J connectivity index is 2.37. The Bertz CT molecular complexity index is 310. The van der Waals surface area contributed by atoms with Crippen molar-refractivity contribution in [1.82, 2.24) is 9.69 Å². The van der Waals surface area contributed by atoms with E-state index < -0.39 is 11.9 Å². The summed E-state index contributed by atoms with van der Waals surface area (Å²) >= 11 is 1.37. The highest BCUT2D eigenvalue weighted by molar-refractivity contribution is 7.05. The van der Waals surface area contributed by atoms with Crippen molar-refractivity contribution in [2.75, 3.05) is 6.54 Å². The summed E-state index contributed by atoms with van der Waals surface area (Å²) in [5, 5.41) is 11.9. The third-order valence-corrected chi connectivity index (χ3v) is 2.80. The highest BCUT2D eigenvalue weighted by Gasteiger charge is 2.27. The normalized spacial score (nSPS) is 21.8. The molecule has 2 rings (SSSR count). The highest BCUT2D eigenvalue weighted by Crippen LogP contribution is 2.26. The monoisotopic (exact) mass is 184 g/mol. The molecule has 0 radical (unpaired) electrons. The van der Waals surface area contributed by atoms with Crippen LogP contribution in [0.25, 0.3) is 0 Å². The molecular weight excluding hydrogens is 176 g/mol. The lowest BCUT2D eigenvalue weighted by molar-refractivity contribution is -0.138. The van der Waals surface area contributed by atoms with Gasteiger partial charge in [0.1, 0.15) is 0 Å². The van der Waals surface area contributed by atoms with Crippen molar-refractivity contribution in [3.63, 3.8) is 0 Å². The Morgan fingerprint density at radius 3 is 3.42 bits per heavy atom. The molecule has 1 atom stereocenters. The van der Waals surface area contributed by atoms with Crippen LogP contribution in [0, 0.1) is 0 Å². The molecule has 0 saturated heterocycles. The SMILES string of the molecule is O=C(O)C1CNCc2sncc21. The molecule has 0 spiro atoms. The molecule has 1 unspecified atom stereocenters. The zero-order valence-electron chi connectivity index (χ0n) is 6.28. The summed E-state index contributed by atoms with van der Waals surface area (Å²) in [6.45, 7) is 1.27. The smallest absolute Gasteiger partial charge is 0.312 e. The maximum absolute atomic E-state index is 10.8. The van der Waals surface area contributed by atoms with Gasteiger partial charge in [-0.2, -0.15) is 0 Å². The van der Waals surface area contributed by atoms with E-state index in [2.05, 4.69) is 9.69 Å². The molecule has 0 bridgehead atoms. The molecule has 64 valence electrons. The van der Waals surface area contributed by atoms with Gasteiger partial charge in [0.15, 0.2) is 0 Å². The molecule has 1 aromatic heterocycles. The highest BCUT2D eigenvalue weighted by atomic mass is 32.1. The maximum Gasteiger partial charge on any atom is 0.312 e. The number of rotatable bonds is 1. The van der Waals surface area contributed by atoms with Crippen LogP contribution in [0.15, 0.2) is 6.20 Å². The number of hydrogen-bond acceptors (Lipinski definition) is 4. The molecule has 1 aliphatic heterocycles. The summed E-state index contributed by atoms with van der Waals surface area (Å²) in [7, 11) is 0. The number of carboxylic acid groups (broad SMARTS) is 1. The van der Waals surface area contributed by atoms with Crippen LogP contribution in [0.2, 0.25) is 0 Å². The Labute approximate surface area is 73.4 Å². The van der Waals surface area contributed by atoms with Gasteiger partial charge < -0.3 is 10.4 Å². The third kappa shape index (κ3) is 1.11. The van der Waals surface area contributed by atoms with Crippen molar-refractivity contribution in [2.45, 2.75) is 12.5 Å². The number of aromatic nitrogens is 1. The first kappa shape index (κ1) is 7.70. The number of aliphatic carboxylic acids is 1. The molecule has 0 saturated carbocycles. The lowest BCUT2D eigenvalue weighted by atomic mass is 9.98. The van der Waals surface area contributed by atoms with Gasteiger partial charge in [-0.15, -0.1) is 0 Å². The molecule has 2 heterocycles. The van der Waals surface area contributed by atoms with Crippen LogP contribution in [0.1, 0.15) is 16.4 Å². The fourth-order valence-corrected chi connectivity index (χ4v) is 2.11. The quantitative estimate of drug-likeness (QED) is 0.663. The van der Waals surface area contributed by atoms with Crippen LogP contribution >= 0.6 is 11.5 Å². The Morgan fingerprint density at radius 1 is 1.83 bits per heavy atom. The zero-order valence-corrected chi connectivity index (χ0v) is 7.10. The van der Waals surface area contributed by atoms with Crippen LogP contribution in [0.5, 0.6) is 0 Å². The van der Waals surface area contributed by atoms with E-state index in [1.54, 1.807) is 6.20 Å². The summed E-state index contributed by atoms with van der Waals surface area (Å²) < 4.78 is 3.97. The number of nitrogens with one attached hydrogen (secondary N) is 1. The molecule has 5 heteroatoms. The van der Waals surface area contributed by atoms with E-state index in [4.69, 9.17) is 5.11 Å². The van der Waals surface area contributed by atoms with E-state index in [0.717, 1.165) is 17.0 Å². The molecule has 4 nitrogen and oxygen atoms in total. The first-order valence-corrected chi connectivity index (χ1v) is 4.43. The number of hydrogen-bond donors (Lipinski definition) is 2. The molecule has 1 aliphatic rings. The number of fused-ring (bicyclic) bond motifs is 1. The lowest BCUT2D eigenvalue weighted by Crippen LogP contribution is -2.31. The molecule has 0 fully saturated rings. The number of carbonyl (C=O) groups is 1. The number of carboxylic acids is 1. The predicted molar refractivity (Wildman–Crippen MR) is 44.2 cm³/mol. The molecule has 2 N–H and O–H groups in total. The molecule has 12 heavy (non-hydrogen) atoms.